The molecule has 0 unspecified atom stereocenters. The largest absolute Gasteiger partial charge is 1.00 e. The van der Waals surface area contributed by atoms with Crippen LogP contribution in [0.25, 0.3) is 11.0 Å². The highest BCUT2D eigenvalue weighted by atomic mass is 79.9. The second-order valence-corrected chi connectivity index (χ2v) is 8.75. The SMILES string of the molecule is CCCCCCCCCCCn1c(C)[n+](CCCC(=O)O)c2cc(Cl)c(Cl)cc21.[Br-]. The number of carboxylic acids is 1. The van der Waals surface area contributed by atoms with E-state index in [1.54, 1.807) is 0 Å². The van der Waals surface area contributed by atoms with Gasteiger partial charge in [-0.15, -0.1) is 0 Å². The van der Waals surface area contributed by atoms with Gasteiger partial charge in [0.25, 0.3) is 5.82 Å². The number of unbranched alkanes of at least 4 members (excludes halogenated alkanes) is 8. The van der Waals surface area contributed by atoms with Crippen molar-refractivity contribution in [1.29, 1.82) is 0 Å². The molecule has 0 saturated heterocycles. The molecule has 0 amide bonds. The first kappa shape index (κ1) is 27.3. The maximum absolute atomic E-state index is 10.9. The molecule has 1 aromatic heterocycles. The number of nitrogens with zero attached hydrogens (tertiary/aromatic N) is 2. The number of aryl methyl sites for hydroxylation is 2. The summed E-state index contributed by atoms with van der Waals surface area (Å²) in [4.78, 5) is 10.9. The van der Waals surface area contributed by atoms with Gasteiger partial charge in [0.05, 0.1) is 23.1 Å². The standard InChI is InChI=1S/C23H34Cl2N2O2.BrH/c1-3-4-5-6-7-8-9-10-11-14-26-18(2)27(15-12-13-23(28)29)22-17-20(25)19(24)16-21(22)26;/h16-17H,3-15H2,1-2H3;1H. The number of fused-ring (bicyclic) bond motifs is 1. The molecule has 0 aliphatic heterocycles. The van der Waals surface area contributed by atoms with Gasteiger partial charge in [-0.2, -0.15) is 0 Å². The summed E-state index contributed by atoms with van der Waals surface area (Å²) in [7, 11) is 0. The van der Waals surface area contributed by atoms with Crippen LogP contribution in [0.1, 0.15) is 83.4 Å². The number of halogens is 3. The van der Waals surface area contributed by atoms with Crippen molar-refractivity contribution in [2.24, 2.45) is 0 Å². The van der Waals surface area contributed by atoms with Crippen LogP contribution >= 0.6 is 23.2 Å². The Kier molecular flexibility index (Phi) is 13.0. The third-order valence-electron chi connectivity index (χ3n) is 5.64. The maximum Gasteiger partial charge on any atom is 0.303 e. The summed E-state index contributed by atoms with van der Waals surface area (Å²) < 4.78 is 4.48. The number of hydrogen-bond acceptors (Lipinski definition) is 1. The molecule has 0 fully saturated rings. The minimum Gasteiger partial charge on any atom is -1.00 e. The van der Waals surface area contributed by atoms with E-state index in [9.17, 15) is 4.79 Å². The summed E-state index contributed by atoms with van der Waals surface area (Å²) in [5.74, 6) is 0.367. The molecular formula is C23H35BrCl2N2O2. The molecule has 0 saturated carbocycles. The Balaban J connectivity index is 0.00000450. The number of aliphatic carboxylic acids is 1. The van der Waals surface area contributed by atoms with Crippen LogP contribution in [0.4, 0.5) is 0 Å². The van der Waals surface area contributed by atoms with E-state index >= 15 is 0 Å². The number of aromatic nitrogens is 2. The van der Waals surface area contributed by atoms with Gasteiger partial charge in [0.1, 0.15) is 0 Å². The van der Waals surface area contributed by atoms with Gasteiger partial charge >= 0.3 is 5.97 Å². The second kappa shape index (κ2) is 14.3. The van der Waals surface area contributed by atoms with E-state index in [-0.39, 0.29) is 23.4 Å². The molecule has 30 heavy (non-hydrogen) atoms. The summed E-state index contributed by atoms with van der Waals surface area (Å²) in [6, 6.07) is 3.84. The Morgan fingerprint density at radius 3 is 2.13 bits per heavy atom. The molecule has 1 aromatic carbocycles. The molecule has 0 atom stereocenters. The van der Waals surface area contributed by atoms with Gasteiger partial charge in [0.15, 0.2) is 11.0 Å². The lowest BCUT2D eigenvalue weighted by molar-refractivity contribution is -0.678. The predicted molar refractivity (Wildman–Crippen MR) is 121 cm³/mol. The smallest absolute Gasteiger partial charge is 0.303 e. The normalized spacial score (nSPS) is 11.1. The molecule has 0 radical (unpaired) electrons. The Morgan fingerprint density at radius 2 is 1.53 bits per heavy atom. The van der Waals surface area contributed by atoms with Crippen LogP contribution in [0.2, 0.25) is 10.0 Å². The van der Waals surface area contributed by atoms with E-state index < -0.39 is 5.97 Å². The van der Waals surface area contributed by atoms with Gasteiger partial charge in [-0.05, 0) is 19.3 Å². The average Bonchev–Trinajstić information content (AvgIpc) is 2.92. The van der Waals surface area contributed by atoms with Crippen LogP contribution < -0.4 is 21.5 Å². The maximum atomic E-state index is 10.9. The number of carboxylic acid groups (broad SMARTS) is 1. The molecule has 4 nitrogen and oxygen atoms in total. The number of carbonyl (C=O) groups is 1. The summed E-state index contributed by atoms with van der Waals surface area (Å²) in [6.07, 6.45) is 12.5. The van der Waals surface area contributed by atoms with Crippen molar-refractivity contribution < 1.29 is 31.4 Å². The first-order valence-corrected chi connectivity index (χ1v) is 11.8. The minimum atomic E-state index is -0.761. The lowest BCUT2D eigenvalue weighted by atomic mass is 10.1. The lowest BCUT2D eigenvalue weighted by Gasteiger charge is -2.03. The van der Waals surface area contributed by atoms with E-state index in [2.05, 4.69) is 23.0 Å². The molecule has 7 heteroatoms. The summed E-state index contributed by atoms with van der Waals surface area (Å²) in [6.45, 7) is 5.96. The molecule has 0 aliphatic carbocycles. The molecule has 1 N–H and O–H groups in total. The topological polar surface area (TPSA) is 46.1 Å². The van der Waals surface area contributed by atoms with Crippen LogP contribution in [0, 0.1) is 6.92 Å². The highest BCUT2D eigenvalue weighted by Gasteiger charge is 2.23. The van der Waals surface area contributed by atoms with E-state index in [0.29, 0.717) is 23.0 Å². The minimum absolute atomic E-state index is 0. The Morgan fingerprint density at radius 1 is 0.967 bits per heavy atom. The number of rotatable bonds is 14. The summed E-state index contributed by atoms with van der Waals surface area (Å²) >= 11 is 12.6. The van der Waals surface area contributed by atoms with Crippen LogP contribution in [0.3, 0.4) is 0 Å². The molecule has 170 valence electrons. The van der Waals surface area contributed by atoms with Crippen molar-refractivity contribution in [3.8, 4) is 0 Å². The van der Waals surface area contributed by atoms with Gasteiger partial charge in [-0.3, -0.25) is 4.79 Å². The van der Waals surface area contributed by atoms with Crippen LogP contribution in [-0.4, -0.2) is 15.6 Å². The van der Waals surface area contributed by atoms with Crippen molar-refractivity contribution in [2.75, 3.05) is 0 Å². The number of hydrogen-bond donors (Lipinski definition) is 1. The fraction of sp³-hybridized carbons (Fsp3) is 0.652. The average molecular weight is 522 g/mol. The zero-order chi connectivity index (χ0) is 21.2. The van der Waals surface area contributed by atoms with Crippen molar-refractivity contribution in [3.05, 3.63) is 28.0 Å². The fourth-order valence-electron chi connectivity index (χ4n) is 3.99. The molecule has 1 heterocycles. The first-order valence-electron chi connectivity index (χ1n) is 11.0. The number of benzene rings is 1. The molecule has 0 aliphatic rings. The zero-order valence-corrected chi connectivity index (χ0v) is 21.3. The van der Waals surface area contributed by atoms with Gasteiger partial charge < -0.3 is 22.1 Å². The van der Waals surface area contributed by atoms with Gasteiger partial charge in [0.2, 0.25) is 0 Å². The monoisotopic (exact) mass is 520 g/mol. The molecule has 0 bridgehead atoms. The van der Waals surface area contributed by atoms with Crippen molar-refractivity contribution >= 4 is 40.2 Å². The van der Waals surface area contributed by atoms with E-state index in [4.69, 9.17) is 28.3 Å². The summed E-state index contributed by atoms with van der Waals surface area (Å²) in [5.41, 5.74) is 2.10. The van der Waals surface area contributed by atoms with Crippen molar-refractivity contribution in [1.82, 2.24) is 4.57 Å². The lowest BCUT2D eigenvalue weighted by Crippen LogP contribution is -3.00. The molecule has 2 rings (SSSR count). The van der Waals surface area contributed by atoms with E-state index in [1.165, 1.54) is 51.4 Å². The van der Waals surface area contributed by atoms with E-state index in [0.717, 1.165) is 29.8 Å². The predicted octanol–water partition coefficient (Wildman–Crippen LogP) is 3.94. The highest BCUT2D eigenvalue weighted by Crippen LogP contribution is 2.28. The highest BCUT2D eigenvalue weighted by molar-refractivity contribution is 6.42. The van der Waals surface area contributed by atoms with Crippen molar-refractivity contribution in [2.45, 2.75) is 97.6 Å². The fourth-order valence-corrected chi connectivity index (χ4v) is 4.30. The third kappa shape index (κ3) is 8.05. The van der Waals surface area contributed by atoms with Gasteiger partial charge in [0, 0.05) is 25.5 Å². The second-order valence-electron chi connectivity index (χ2n) is 7.93. The first-order chi connectivity index (χ1) is 14.0. The molecular weight excluding hydrogens is 487 g/mol. The Bertz CT molecular complexity index is 808. The van der Waals surface area contributed by atoms with Crippen molar-refractivity contribution in [3.63, 3.8) is 0 Å². The molecule has 2 aromatic rings. The van der Waals surface area contributed by atoms with Crippen LogP contribution in [-0.2, 0) is 17.9 Å². The Hall–Kier alpha value is -0.780. The zero-order valence-electron chi connectivity index (χ0n) is 18.2. The Labute approximate surface area is 201 Å². The quantitative estimate of drug-likeness (QED) is 0.302. The van der Waals surface area contributed by atoms with Crippen LogP contribution in [0.15, 0.2) is 12.1 Å². The molecule has 0 spiro atoms. The summed E-state index contributed by atoms with van der Waals surface area (Å²) in [5, 5.41) is 10.0. The van der Waals surface area contributed by atoms with E-state index in [1.807, 2.05) is 12.1 Å². The van der Waals surface area contributed by atoms with Gasteiger partial charge in [-0.1, -0.05) is 75.1 Å². The van der Waals surface area contributed by atoms with Gasteiger partial charge in [-0.25, -0.2) is 9.13 Å². The van der Waals surface area contributed by atoms with Crippen LogP contribution in [0.5, 0.6) is 0 Å². The third-order valence-corrected chi connectivity index (χ3v) is 6.36. The number of imidazole rings is 1.